The number of aryl methyl sites for hydroxylation is 1. The van der Waals surface area contributed by atoms with Gasteiger partial charge >= 0.3 is 6.03 Å². The van der Waals surface area contributed by atoms with Gasteiger partial charge in [-0.25, -0.2) is 18.6 Å². The SMILES string of the molecule is Cc1nsc(NC(=O)N2CCC(Cc3c(F)cc(C#N)cc3F)CC2)n1. The van der Waals surface area contributed by atoms with Gasteiger partial charge in [0.1, 0.15) is 17.5 Å². The molecule has 1 aromatic heterocycles. The Bertz CT molecular complexity index is 832. The highest BCUT2D eigenvalue weighted by molar-refractivity contribution is 7.09. The first-order chi connectivity index (χ1) is 12.5. The van der Waals surface area contributed by atoms with Crippen molar-refractivity contribution in [3.05, 3.63) is 40.7 Å². The highest BCUT2D eigenvalue weighted by atomic mass is 32.1. The molecule has 1 N–H and O–H groups in total. The highest BCUT2D eigenvalue weighted by Gasteiger charge is 2.25. The Morgan fingerprint density at radius 3 is 2.58 bits per heavy atom. The summed E-state index contributed by atoms with van der Waals surface area (Å²) >= 11 is 1.12. The van der Waals surface area contributed by atoms with Crippen molar-refractivity contribution in [2.75, 3.05) is 18.4 Å². The topological polar surface area (TPSA) is 81.9 Å². The second kappa shape index (κ2) is 7.74. The monoisotopic (exact) mass is 377 g/mol. The van der Waals surface area contributed by atoms with Crippen LogP contribution in [-0.4, -0.2) is 33.4 Å². The molecular weight excluding hydrogens is 360 g/mol. The van der Waals surface area contributed by atoms with Crippen molar-refractivity contribution in [1.29, 1.82) is 5.26 Å². The van der Waals surface area contributed by atoms with Gasteiger partial charge in [0.15, 0.2) is 0 Å². The molecule has 3 rings (SSSR count). The number of carbonyl (C=O) groups is 1. The number of aromatic nitrogens is 2. The summed E-state index contributed by atoms with van der Waals surface area (Å²) in [7, 11) is 0. The summed E-state index contributed by atoms with van der Waals surface area (Å²) in [4.78, 5) is 18.0. The Balaban J connectivity index is 1.56. The Labute approximate surface area is 153 Å². The summed E-state index contributed by atoms with van der Waals surface area (Å²) in [5.74, 6) is -0.683. The van der Waals surface area contributed by atoms with E-state index < -0.39 is 11.6 Å². The number of benzene rings is 1. The maximum atomic E-state index is 14.0. The smallest absolute Gasteiger partial charge is 0.323 e. The number of anilines is 1. The van der Waals surface area contributed by atoms with E-state index in [2.05, 4.69) is 14.7 Å². The van der Waals surface area contributed by atoms with E-state index in [1.54, 1.807) is 17.9 Å². The lowest BCUT2D eigenvalue weighted by molar-refractivity contribution is 0.182. The molecule has 0 saturated carbocycles. The molecule has 0 aliphatic carbocycles. The van der Waals surface area contributed by atoms with Gasteiger partial charge in [0.05, 0.1) is 11.6 Å². The number of hydrogen-bond donors (Lipinski definition) is 1. The lowest BCUT2D eigenvalue weighted by atomic mass is 9.89. The van der Waals surface area contributed by atoms with Crippen molar-refractivity contribution in [2.24, 2.45) is 5.92 Å². The first-order valence-electron chi connectivity index (χ1n) is 8.20. The summed E-state index contributed by atoms with van der Waals surface area (Å²) < 4.78 is 32.1. The van der Waals surface area contributed by atoms with Gasteiger partial charge in [0, 0.05) is 30.2 Å². The van der Waals surface area contributed by atoms with Crippen LogP contribution in [0.1, 0.15) is 29.8 Å². The normalized spacial score (nSPS) is 14.9. The Hall–Kier alpha value is -2.60. The molecule has 0 radical (unpaired) electrons. The summed E-state index contributed by atoms with van der Waals surface area (Å²) in [6.07, 6.45) is 1.57. The van der Waals surface area contributed by atoms with E-state index >= 15 is 0 Å². The summed E-state index contributed by atoms with van der Waals surface area (Å²) in [5.41, 5.74) is -0.0154. The van der Waals surface area contributed by atoms with Crippen LogP contribution in [0.4, 0.5) is 18.7 Å². The summed E-state index contributed by atoms with van der Waals surface area (Å²) in [5, 5.41) is 11.9. The molecule has 1 saturated heterocycles. The molecule has 1 aliphatic heterocycles. The van der Waals surface area contributed by atoms with Crippen molar-refractivity contribution in [3.63, 3.8) is 0 Å². The summed E-state index contributed by atoms with van der Waals surface area (Å²) in [6, 6.07) is 3.62. The second-order valence-corrected chi connectivity index (χ2v) is 6.99. The van der Waals surface area contributed by atoms with E-state index in [0.29, 0.717) is 36.9 Å². The van der Waals surface area contributed by atoms with Crippen LogP contribution in [0.3, 0.4) is 0 Å². The van der Waals surface area contributed by atoms with E-state index in [-0.39, 0.29) is 29.5 Å². The third-order valence-corrected chi connectivity index (χ3v) is 5.13. The van der Waals surface area contributed by atoms with Gasteiger partial charge in [0.25, 0.3) is 0 Å². The molecule has 0 unspecified atom stereocenters. The number of urea groups is 1. The molecule has 2 heterocycles. The number of piperidine rings is 1. The maximum absolute atomic E-state index is 14.0. The van der Waals surface area contributed by atoms with Crippen LogP contribution in [0, 0.1) is 35.8 Å². The minimum atomic E-state index is -0.687. The largest absolute Gasteiger partial charge is 0.324 e. The van der Waals surface area contributed by atoms with Gasteiger partial charge in [-0.15, -0.1) is 0 Å². The molecule has 0 spiro atoms. The molecule has 0 atom stereocenters. The molecule has 0 bridgehead atoms. The van der Waals surface area contributed by atoms with Gasteiger partial charge in [-0.1, -0.05) is 0 Å². The fourth-order valence-electron chi connectivity index (χ4n) is 3.01. The number of rotatable bonds is 3. The number of amides is 2. The molecule has 2 amide bonds. The van der Waals surface area contributed by atoms with E-state index in [0.717, 1.165) is 23.7 Å². The second-order valence-electron chi connectivity index (χ2n) is 6.24. The van der Waals surface area contributed by atoms with Crippen LogP contribution in [0.25, 0.3) is 0 Å². The van der Waals surface area contributed by atoms with Gasteiger partial charge in [-0.3, -0.25) is 5.32 Å². The number of nitrogens with one attached hydrogen (secondary N) is 1. The zero-order chi connectivity index (χ0) is 18.7. The molecule has 1 fully saturated rings. The van der Waals surface area contributed by atoms with Gasteiger partial charge in [-0.2, -0.15) is 9.64 Å². The lowest BCUT2D eigenvalue weighted by Crippen LogP contribution is -2.41. The number of carbonyl (C=O) groups excluding carboxylic acids is 1. The molecule has 136 valence electrons. The number of nitrogens with zero attached hydrogens (tertiary/aromatic N) is 4. The van der Waals surface area contributed by atoms with E-state index in [1.165, 1.54) is 0 Å². The van der Waals surface area contributed by atoms with Crippen LogP contribution in [0.15, 0.2) is 12.1 Å². The van der Waals surface area contributed by atoms with Crippen LogP contribution in [0.2, 0.25) is 0 Å². The lowest BCUT2D eigenvalue weighted by Gasteiger charge is -2.31. The third-order valence-electron chi connectivity index (χ3n) is 4.41. The molecule has 2 aromatic rings. The quantitative estimate of drug-likeness (QED) is 0.888. The predicted molar refractivity (Wildman–Crippen MR) is 92.7 cm³/mol. The number of nitriles is 1. The van der Waals surface area contributed by atoms with Crippen LogP contribution < -0.4 is 5.32 Å². The highest BCUT2D eigenvalue weighted by Crippen LogP contribution is 2.26. The number of likely N-dealkylation sites (tertiary alicyclic amines) is 1. The molecule has 1 aromatic carbocycles. The molecule has 9 heteroatoms. The summed E-state index contributed by atoms with van der Waals surface area (Å²) in [6.45, 7) is 2.76. The van der Waals surface area contributed by atoms with E-state index in [1.807, 2.05) is 0 Å². The van der Waals surface area contributed by atoms with Gasteiger partial charge in [0.2, 0.25) is 5.13 Å². The minimum absolute atomic E-state index is 0.0104. The average molecular weight is 377 g/mol. The van der Waals surface area contributed by atoms with Gasteiger partial charge < -0.3 is 4.90 Å². The molecule has 6 nitrogen and oxygen atoms in total. The van der Waals surface area contributed by atoms with E-state index in [9.17, 15) is 13.6 Å². The molecular formula is C17H17F2N5OS. The zero-order valence-corrected chi connectivity index (χ0v) is 14.9. The average Bonchev–Trinajstić information content (AvgIpc) is 3.03. The van der Waals surface area contributed by atoms with Crippen molar-refractivity contribution in [2.45, 2.75) is 26.2 Å². The Kier molecular flexibility index (Phi) is 5.42. The third kappa shape index (κ3) is 4.14. The van der Waals surface area contributed by atoms with Crippen molar-refractivity contribution < 1.29 is 13.6 Å². The predicted octanol–water partition coefficient (Wildman–Crippen LogP) is 3.48. The zero-order valence-electron chi connectivity index (χ0n) is 14.1. The van der Waals surface area contributed by atoms with Crippen molar-refractivity contribution >= 4 is 22.7 Å². The maximum Gasteiger partial charge on any atom is 0.323 e. The number of hydrogen-bond acceptors (Lipinski definition) is 5. The van der Waals surface area contributed by atoms with Crippen LogP contribution in [0.5, 0.6) is 0 Å². The van der Waals surface area contributed by atoms with Gasteiger partial charge in [-0.05, 0) is 44.2 Å². The first kappa shape index (κ1) is 18.2. The number of halogens is 2. The van der Waals surface area contributed by atoms with E-state index in [4.69, 9.17) is 5.26 Å². The minimum Gasteiger partial charge on any atom is -0.324 e. The first-order valence-corrected chi connectivity index (χ1v) is 8.98. The standard InChI is InChI=1S/C17H17F2N5OS/c1-10-21-16(26-23-10)22-17(25)24-4-2-11(3-5-24)6-13-14(18)7-12(9-20)8-15(13)19/h7-8,11H,2-6H2,1H3,(H,21,22,23,25). The molecule has 1 aliphatic rings. The Morgan fingerprint density at radius 1 is 1.38 bits per heavy atom. The fraction of sp³-hybridized carbons (Fsp3) is 0.412. The fourth-order valence-corrected chi connectivity index (χ4v) is 3.58. The Morgan fingerprint density at radius 2 is 2.04 bits per heavy atom. The molecule has 26 heavy (non-hydrogen) atoms. The van der Waals surface area contributed by atoms with Crippen LogP contribution >= 0.6 is 11.5 Å². The van der Waals surface area contributed by atoms with Crippen molar-refractivity contribution in [3.8, 4) is 6.07 Å². The van der Waals surface area contributed by atoms with Crippen LogP contribution in [-0.2, 0) is 6.42 Å². The van der Waals surface area contributed by atoms with Crippen molar-refractivity contribution in [1.82, 2.24) is 14.3 Å².